The summed E-state index contributed by atoms with van der Waals surface area (Å²) >= 11 is 0.819. The van der Waals surface area contributed by atoms with Gasteiger partial charge in [-0.2, -0.15) is 13.2 Å². The first-order valence-electron chi connectivity index (χ1n) is 5.57. The molecule has 112 valence electrons. The van der Waals surface area contributed by atoms with Gasteiger partial charge in [0.15, 0.2) is 11.5 Å². The van der Waals surface area contributed by atoms with E-state index < -0.39 is 31.1 Å². The molecule has 0 aliphatic heterocycles. The minimum absolute atomic E-state index is 0.0501. The van der Waals surface area contributed by atoms with E-state index in [1.165, 1.54) is 6.92 Å². The zero-order valence-corrected chi connectivity index (χ0v) is 11.6. The predicted molar refractivity (Wildman–Crippen MR) is 63.8 cm³/mol. The van der Waals surface area contributed by atoms with Crippen LogP contribution in [0.1, 0.15) is 39.0 Å². The van der Waals surface area contributed by atoms with Crippen molar-refractivity contribution in [3.63, 3.8) is 0 Å². The molecule has 0 spiro atoms. The van der Waals surface area contributed by atoms with E-state index in [0.29, 0.717) is 0 Å². The highest BCUT2D eigenvalue weighted by atomic mass is 32.1. The van der Waals surface area contributed by atoms with Gasteiger partial charge in [0.1, 0.15) is 16.5 Å². The Hall–Kier alpha value is -1.48. The summed E-state index contributed by atoms with van der Waals surface area (Å²) < 4.78 is 44.9. The van der Waals surface area contributed by atoms with Gasteiger partial charge in [-0.05, 0) is 6.92 Å². The number of carbonyl (C=O) groups is 2. The van der Waals surface area contributed by atoms with E-state index >= 15 is 0 Å². The lowest BCUT2D eigenvalue weighted by Gasteiger charge is -2.05. The van der Waals surface area contributed by atoms with Crippen LogP contribution in [0.3, 0.4) is 0 Å². The van der Waals surface area contributed by atoms with E-state index in [1.807, 2.05) is 0 Å². The van der Waals surface area contributed by atoms with E-state index in [1.54, 1.807) is 6.92 Å². The Labute approximate surface area is 116 Å². The Morgan fingerprint density at radius 2 is 2.00 bits per heavy atom. The van der Waals surface area contributed by atoms with Crippen LogP contribution in [-0.2, 0) is 16.1 Å². The smallest absolute Gasteiger partial charge is 0.411 e. The van der Waals surface area contributed by atoms with Gasteiger partial charge in [-0.3, -0.25) is 4.79 Å². The van der Waals surface area contributed by atoms with Crippen LogP contribution in [0.4, 0.5) is 13.2 Å². The maximum absolute atomic E-state index is 11.9. The fourth-order valence-electron chi connectivity index (χ4n) is 1.26. The Morgan fingerprint density at radius 3 is 2.50 bits per heavy atom. The van der Waals surface area contributed by atoms with Crippen molar-refractivity contribution >= 4 is 23.1 Å². The molecule has 0 bridgehead atoms. The van der Waals surface area contributed by atoms with Gasteiger partial charge in [0, 0.05) is 6.92 Å². The van der Waals surface area contributed by atoms with E-state index in [4.69, 9.17) is 4.74 Å². The summed E-state index contributed by atoms with van der Waals surface area (Å²) in [6, 6.07) is 0. The van der Waals surface area contributed by atoms with Gasteiger partial charge in [-0.15, -0.1) is 11.3 Å². The number of ether oxygens (including phenoxy) is 2. The highest BCUT2D eigenvalue weighted by Gasteiger charge is 2.28. The molecule has 9 heteroatoms. The number of alkyl halides is 3. The van der Waals surface area contributed by atoms with Crippen LogP contribution in [0.15, 0.2) is 0 Å². The predicted octanol–water partition coefficient (Wildman–Crippen LogP) is 2.60. The van der Waals surface area contributed by atoms with E-state index in [2.05, 4.69) is 9.72 Å². The first-order chi connectivity index (χ1) is 9.24. The van der Waals surface area contributed by atoms with Gasteiger partial charge in [0.2, 0.25) is 0 Å². The average Bonchev–Trinajstić information content (AvgIpc) is 2.72. The molecule has 0 aromatic carbocycles. The van der Waals surface area contributed by atoms with E-state index in [0.717, 1.165) is 11.3 Å². The first kappa shape index (κ1) is 16.6. The Bertz CT molecular complexity index is 498. The van der Waals surface area contributed by atoms with Crippen LogP contribution in [0, 0.1) is 0 Å². The number of hydrogen-bond donors (Lipinski definition) is 0. The molecule has 0 unspecified atom stereocenters. The third-order valence-corrected chi connectivity index (χ3v) is 3.08. The quantitative estimate of drug-likeness (QED) is 0.597. The molecule has 0 aliphatic rings. The van der Waals surface area contributed by atoms with Crippen molar-refractivity contribution in [2.45, 2.75) is 26.6 Å². The highest BCUT2D eigenvalue weighted by molar-refractivity contribution is 7.14. The van der Waals surface area contributed by atoms with E-state index in [9.17, 15) is 22.8 Å². The maximum atomic E-state index is 11.9. The molecular formula is C11H12F3NO4S. The molecule has 0 amide bonds. The van der Waals surface area contributed by atoms with Gasteiger partial charge in [-0.1, -0.05) is 0 Å². The number of thiazole rings is 1. The SMILES string of the molecule is CCOC(=O)c1nc(COCC(F)(F)F)sc1C(C)=O. The number of esters is 1. The normalized spacial score (nSPS) is 11.4. The molecule has 1 aromatic rings. The van der Waals surface area contributed by atoms with Crippen molar-refractivity contribution in [3.05, 3.63) is 15.6 Å². The van der Waals surface area contributed by atoms with Crippen LogP contribution < -0.4 is 0 Å². The number of ketones is 1. The lowest BCUT2D eigenvalue weighted by atomic mass is 10.3. The Kier molecular flexibility index (Phi) is 5.63. The van der Waals surface area contributed by atoms with Crippen molar-refractivity contribution in [1.29, 1.82) is 0 Å². The molecule has 1 aromatic heterocycles. The number of Topliss-reactive ketones (excluding diaryl/α,β-unsaturated/α-hetero) is 1. The van der Waals surface area contributed by atoms with Crippen LogP contribution in [-0.4, -0.2) is 36.1 Å². The molecule has 0 N–H and O–H groups in total. The highest BCUT2D eigenvalue weighted by Crippen LogP contribution is 2.22. The fraction of sp³-hybridized carbons (Fsp3) is 0.545. The summed E-state index contributed by atoms with van der Waals surface area (Å²) in [6.07, 6.45) is -4.44. The molecule has 0 aliphatic carbocycles. The largest absolute Gasteiger partial charge is 0.461 e. The summed E-state index contributed by atoms with van der Waals surface area (Å²) in [4.78, 5) is 26.8. The van der Waals surface area contributed by atoms with Crippen LogP contribution >= 0.6 is 11.3 Å². The lowest BCUT2D eigenvalue weighted by molar-refractivity contribution is -0.176. The molecular weight excluding hydrogens is 299 g/mol. The summed E-state index contributed by atoms with van der Waals surface area (Å²) in [5.41, 5.74) is -0.185. The van der Waals surface area contributed by atoms with Crippen molar-refractivity contribution in [2.24, 2.45) is 0 Å². The van der Waals surface area contributed by atoms with Crippen LogP contribution in [0.2, 0.25) is 0 Å². The maximum Gasteiger partial charge on any atom is 0.411 e. The summed E-state index contributed by atoms with van der Waals surface area (Å²) in [6.45, 7) is 1.08. The van der Waals surface area contributed by atoms with Crippen LogP contribution in [0.25, 0.3) is 0 Å². The summed E-state index contributed by atoms with van der Waals surface area (Å²) in [5, 5.41) is 0.113. The molecule has 0 atom stereocenters. The number of carbonyl (C=O) groups excluding carboxylic acids is 2. The molecule has 0 saturated carbocycles. The van der Waals surface area contributed by atoms with Gasteiger partial charge in [-0.25, -0.2) is 9.78 Å². The molecule has 1 heterocycles. The Morgan fingerprint density at radius 1 is 1.35 bits per heavy atom. The number of rotatable bonds is 6. The second-order valence-corrected chi connectivity index (χ2v) is 4.75. The monoisotopic (exact) mass is 311 g/mol. The lowest BCUT2D eigenvalue weighted by Crippen LogP contribution is -2.16. The third kappa shape index (κ3) is 4.89. The number of nitrogens with zero attached hydrogens (tertiary/aromatic N) is 1. The topological polar surface area (TPSA) is 65.5 Å². The van der Waals surface area contributed by atoms with Gasteiger partial charge in [0.05, 0.1) is 13.2 Å². The number of aromatic nitrogens is 1. The third-order valence-electron chi connectivity index (χ3n) is 1.95. The molecule has 1 rings (SSSR count). The van der Waals surface area contributed by atoms with Crippen molar-refractivity contribution in [3.8, 4) is 0 Å². The molecule has 0 saturated heterocycles. The second-order valence-electron chi connectivity index (χ2n) is 3.67. The van der Waals surface area contributed by atoms with Crippen LogP contribution in [0.5, 0.6) is 0 Å². The minimum atomic E-state index is -4.44. The molecule has 0 fully saturated rings. The minimum Gasteiger partial charge on any atom is -0.461 e. The molecule has 5 nitrogen and oxygen atoms in total. The second kappa shape index (κ2) is 6.80. The van der Waals surface area contributed by atoms with Gasteiger partial charge < -0.3 is 9.47 Å². The number of hydrogen-bond acceptors (Lipinski definition) is 6. The van der Waals surface area contributed by atoms with E-state index in [-0.39, 0.29) is 22.2 Å². The van der Waals surface area contributed by atoms with Gasteiger partial charge in [0.25, 0.3) is 0 Å². The van der Waals surface area contributed by atoms with Crippen molar-refractivity contribution in [1.82, 2.24) is 4.98 Å². The average molecular weight is 311 g/mol. The standard InChI is InChI=1S/C11H12F3NO4S/c1-3-19-10(17)8-9(6(2)16)20-7(15-8)4-18-5-11(12,13)14/h3-5H2,1-2H3. The van der Waals surface area contributed by atoms with Crippen molar-refractivity contribution in [2.75, 3.05) is 13.2 Å². The summed E-state index contributed by atoms with van der Waals surface area (Å²) in [7, 11) is 0. The first-order valence-corrected chi connectivity index (χ1v) is 6.38. The molecule has 0 radical (unpaired) electrons. The Balaban J connectivity index is 2.81. The zero-order valence-electron chi connectivity index (χ0n) is 10.7. The van der Waals surface area contributed by atoms with Gasteiger partial charge >= 0.3 is 12.1 Å². The summed E-state index contributed by atoms with van der Waals surface area (Å²) in [5.74, 6) is -1.19. The number of halogens is 3. The molecule has 20 heavy (non-hydrogen) atoms. The van der Waals surface area contributed by atoms with Crippen molar-refractivity contribution < 1.29 is 32.2 Å². The zero-order chi connectivity index (χ0) is 15.3. The fourth-order valence-corrected chi connectivity index (χ4v) is 2.14.